The molecule has 0 aliphatic carbocycles. The summed E-state index contributed by atoms with van der Waals surface area (Å²) < 4.78 is 1.64. The first kappa shape index (κ1) is 14.1. The Bertz CT molecular complexity index is 809. The summed E-state index contributed by atoms with van der Waals surface area (Å²) in [6, 6.07) is 15.6. The van der Waals surface area contributed by atoms with Crippen LogP contribution in [0.1, 0.15) is 11.1 Å². The Balaban J connectivity index is 1.73. The minimum Gasteiger partial charge on any atom is -0.322 e. The number of amides is 2. The Hall–Kier alpha value is -2.82. The van der Waals surface area contributed by atoms with Gasteiger partial charge < -0.3 is 4.90 Å². The van der Waals surface area contributed by atoms with Crippen LogP contribution in [0.25, 0.3) is 11.0 Å². The number of rotatable bonds is 3. The number of hydrogen-bond donors (Lipinski definition) is 1. The molecule has 1 heterocycles. The zero-order chi connectivity index (χ0) is 15.5. The Labute approximate surface area is 129 Å². The molecule has 0 bridgehead atoms. The second-order valence-electron chi connectivity index (χ2n) is 5.30. The number of fused-ring (bicyclic) bond motifs is 1. The Morgan fingerprint density at radius 2 is 1.91 bits per heavy atom. The van der Waals surface area contributed by atoms with Crippen molar-refractivity contribution in [2.75, 3.05) is 12.5 Å². The van der Waals surface area contributed by atoms with Crippen molar-refractivity contribution >= 4 is 17.1 Å². The van der Waals surface area contributed by atoms with Crippen LogP contribution in [0.4, 0.5) is 4.79 Å². The lowest BCUT2D eigenvalue weighted by molar-refractivity contribution is 0.217. The van der Waals surface area contributed by atoms with Crippen LogP contribution >= 0.6 is 0 Å². The second kappa shape index (κ2) is 5.89. The van der Waals surface area contributed by atoms with Gasteiger partial charge in [-0.05, 0) is 30.2 Å². The van der Waals surface area contributed by atoms with Gasteiger partial charge in [-0.2, -0.15) is 0 Å². The first-order valence-electron chi connectivity index (χ1n) is 7.14. The summed E-state index contributed by atoms with van der Waals surface area (Å²) in [5, 5.41) is 0. The van der Waals surface area contributed by atoms with E-state index in [-0.39, 0.29) is 6.03 Å². The fourth-order valence-corrected chi connectivity index (χ4v) is 2.35. The van der Waals surface area contributed by atoms with E-state index in [4.69, 9.17) is 0 Å². The van der Waals surface area contributed by atoms with E-state index in [1.165, 1.54) is 5.56 Å². The molecule has 0 aliphatic rings. The molecular weight excluding hydrogens is 276 g/mol. The number of urea groups is 1. The van der Waals surface area contributed by atoms with Crippen LogP contribution in [-0.4, -0.2) is 27.6 Å². The summed E-state index contributed by atoms with van der Waals surface area (Å²) in [6.45, 7) is 2.61. The molecule has 3 rings (SSSR count). The summed E-state index contributed by atoms with van der Waals surface area (Å²) in [5.74, 6) is 0. The van der Waals surface area contributed by atoms with Gasteiger partial charge in [-0.25, -0.2) is 19.9 Å². The van der Waals surface area contributed by atoms with E-state index in [1.54, 1.807) is 23.0 Å². The van der Waals surface area contributed by atoms with Gasteiger partial charge in [0, 0.05) is 13.6 Å². The molecule has 3 aromatic rings. The van der Waals surface area contributed by atoms with Gasteiger partial charge in [0.1, 0.15) is 6.33 Å². The molecule has 2 amide bonds. The highest BCUT2D eigenvalue weighted by atomic mass is 16.2. The summed E-state index contributed by atoms with van der Waals surface area (Å²) in [4.78, 5) is 18.2. The summed E-state index contributed by atoms with van der Waals surface area (Å²) >= 11 is 0. The molecule has 0 saturated heterocycles. The minimum absolute atomic E-state index is 0.175. The Kier molecular flexibility index (Phi) is 3.78. The molecule has 0 aliphatic heterocycles. The normalized spacial score (nSPS) is 10.6. The minimum atomic E-state index is -0.175. The van der Waals surface area contributed by atoms with Crippen molar-refractivity contribution in [3.63, 3.8) is 0 Å². The average molecular weight is 294 g/mol. The fourth-order valence-electron chi connectivity index (χ4n) is 2.35. The number of benzene rings is 2. The number of nitrogens with one attached hydrogen (secondary N) is 1. The van der Waals surface area contributed by atoms with Crippen molar-refractivity contribution in [2.24, 2.45) is 0 Å². The summed E-state index contributed by atoms with van der Waals surface area (Å²) in [5.41, 5.74) is 6.88. The number of carbonyl (C=O) groups excluding carboxylic acids is 1. The monoisotopic (exact) mass is 294 g/mol. The molecule has 0 radical (unpaired) electrons. The van der Waals surface area contributed by atoms with E-state index in [0.717, 1.165) is 16.6 Å². The first-order valence-corrected chi connectivity index (χ1v) is 7.14. The third-order valence-electron chi connectivity index (χ3n) is 3.69. The number of para-hydroxylation sites is 2. The molecular formula is C17H18N4O. The van der Waals surface area contributed by atoms with Gasteiger partial charge >= 0.3 is 6.03 Å². The van der Waals surface area contributed by atoms with Crippen LogP contribution in [0.5, 0.6) is 0 Å². The van der Waals surface area contributed by atoms with Crippen LogP contribution in [0.3, 0.4) is 0 Å². The molecule has 0 saturated carbocycles. The van der Waals surface area contributed by atoms with Crippen molar-refractivity contribution in [3.05, 3.63) is 66.0 Å². The van der Waals surface area contributed by atoms with Crippen molar-refractivity contribution in [1.29, 1.82) is 0 Å². The van der Waals surface area contributed by atoms with Crippen molar-refractivity contribution in [2.45, 2.75) is 13.5 Å². The number of carbonyl (C=O) groups is 1. The zero-order valence-electron chi connectivity index (χ0n) is 12.7. The summed E-state index contributed by atoms with van der Waals surface area (Å²) in [7, 11) is 1.78. The average Bonchev–Trinajstić information content (AvgIpc) is 2.93. The van der Waals surface area contributed by atoms with Gasteiger partial charge in [0.15, 0.2) is 0 Å². The Morgan fingerprint density at radius 3 is 2.73 bits per heavy atom. The lowest BCUT2D eigenvalue weighted by Crippen LogP contribution is -2.35. The largest absolute Gasteiger partial charge is 0.336 e. The lowest BCUT2D eigenvalue weighted by atomic mass is 10.1. The maximum Gasteiger partial charge on any atom is 0.336 e. The fraction of sp³-hybridized carbons (Fsp3) is 0.176. The van der Waals surface area contributed by atoms with Crippen molar-refractivity contribution in [3.8, 4) is 0 Å². The quantitative estimate of drug-likeness (QED) is 0.806. The first-order chi connectivity index (χ1) is 10.6. The highest BCUT2D eigenvalue weighted by Gasteiger charge is 2.11. The van der Waals surface area contributed by atoms with E-state index in [9.17, 15) is 4.79 Å². The van der Waals surface area contributed by atoms with Crippen LogP contribution in [0.2, 0.25) is 0 Å². The van der Waals surface area contributed by atoms with E-state index in [1.807, 2.05) is 55.5 Å². The predicted molar refractivity (Wildman–Crippen MR) is 87.1 cm³/mol. The Morgan fingerprint density at radius 1 is 1.18 bits per heavy atom. The number of aryl methyl sites for hydroxylation is 1. The van der Waals surface area contributed by atoms with Crippen LogP contribution in [0, 0.1) is 6.92 Å². The van der Waals surface area contributed by atoms with Crippen molar-refractivity contribution < 1.29 is 4.79 Å². The molecule has 0 atom stereocenters. The molecule has 1 aromatic heterocycles. The van der Waals surface area contributed by atoms with Crippen LogP contribution in [0.15, 0.2) is 54.9 Å². The van der Waals surface area contributed by atoms with Crippen LogP contribution < -0.4 is 5.43 Å². The molecule has 0 fully saturated rings. The molecule has 22 heavy (non-hydrogen) atoms. The summed E-state index contributed by atoms with van der Waals surface area (Å²) in [6.07, 6.45) is 1.62. The van der Waals surface area contributed by atoms with E-state index >= 15 is 0 Å². The predicted octanol–water partition coefficient (Wildman–Crippen LogP) is 3.14. The molecule has 5 heteroatoms. The molecule has 1 N–H and O–H groups in total. The van der Waals surface area contributed by atoms with Gasteiger partial charge in [0.05, 0.1) is 11.0 Å². The SMILES string of the molecule is Cc1ccccc1CN(C)C(=O)Nn1cnc2ccccc21. The standard InChI is InChI=1S/C17H18N4O/c1-13-7-3-4-8-14(13)11-20(2)17(22)19-21-12-18-15-9-5-6-10-16(15)21/h3-10,12H,11H2,1-2H3,(H,19,22). The van der Waals surface area contributed by atoms with Crippen molar-refractivity contribution in [1.82, 2.24) is 14.6 Å². The molecule has 112 valence electrons. The maximum absolute atomic E-state index is 12.3. The third kappa shape index (κ3) is 2.79. The molecule has 5 nitrogen and oxygen atoms in total. The van der Waals surface area contributed by atoms with Gasteiger partial charge in [0.2, 0.25) is 0 Å². The second-order valence-corrected chi connectivity index (χ2v) is 5.30. The topological polar surface area (TPSA) is 50.2 Å². The van der Waals surface area contributed by atoms with Gasteiger partial charge in [-0.1, -0.05) is 36.4 Å². The number of hydrogen-bond acceptors (Lipinski definition) is 2. The van der Waals surface area contributed by atoms with Gasteiger partial charge in [-0.15, -0.1) is 0 Å². The van der Waals surface area contributed by atoms with E-state index < -0.39 is 0 Å². The van der Waals surface area contributed by atoms with E-state index in [2.05, 4.69) is 10.4 Å². The highest BCUT2D eigenvalue weighted by Crippen LogP contribution is 2.12. The molecule has 0 unspecified atom stereocenters. The molecule has 2 aromatic carbocycles. The maximum atomic E-state index is 12.3. The highest BCUT2D eigenvalue weighted by molar-refractivity contribution is 5.85. The van der Waals surface area contributed by atoms with Gasteiger partial charge in [-0.3, -0.25) is 0 Å². The third-order valence-corrected chi connectivity index (χ3v) is 3.69. The molecule has 0 spiro atoms. The van der Waals surface area contributed by atoms with Gasteiger partial charge in [0.25, 0.3) is 0 Å². The number of aromatic nitrogens is 2. The van der Waals surface area contributed by atoms with E-state index in [0.29, 0.717) is 6.54 Å². The lowest BCUT2D eigenvalue weighted by Gasteiger charge is -2.19. The number of nitrogens with zero attached hydrogens (tertiary/aromatic N) is 3. The smallest absolute Gasteiger partial charge is 0.322 e. The number of imidazole rings is 1. The van der Waals surface area contributed by atoms with Crippen LogP contribution in [-0.2, 0) is 6.54 Å². The zero-order valence-corrected chi connectivity index (χ0v) is 12.7.